The first-order valence-corrected chi connectivity index (χ1v) is 9.62. The van der Waals surface area contributed by atoms with Gasteiger partial charge in [-0.05, 0) is 31.9 Å². The van der Waals surface area contributed by atoms with Crippen molar-refractivity contribution < 1.29 is 8.42 Å². The maximum absolute atomic E-state index is 12.9. The van der Waals surface area contributed by atoms with Crippen LogP contribution in [0, 0.1) is 20.8 Å². The van der Waals surface area contributed by atoms with Gasteiger partial charge in [-0.3, -0.25) is 10.00 Å². The number of aromatic amines is 1. The summed E-state index contributed by atoms with van der Waals surface area (Å²) in [5.74, 6) is 0. The van der Waals surface area contributed by atoms with Crippen LogP contribution in [0.3, 0.4) is 0 Å². The average Bonchev–Trinajstić information content (AvgIpc) is 2.89. The Kier molecular flexibility index (Phi) is 4.76. The number of nitrogens with zero attached hydrogens (tertiary/aromatic N) is 3. The monoisotopic (exact) mass is 348 g/mol. The van der Waals surface area contributed by atoms with E-state index >= 15 is 0 Å². The van der Waals surface area contributed by atoms with Gasteiger partial charge in [0.05, 0.1) is 11.4 Å². The molecule has 0 aliphatic carbocycles. The van der Waals surface area contributed by atoms with Gasteiger partial charge >= 0.3 is 0 Å². The second kappa shape index (κ2) is 6.66. The molecule has 0 unspecified atom stereocenters. The molecular weight excluding hydrogens is 324 g/mol. The fourth-order valence-electron chi connectivity index (χ4n) is 3.21. The summed E-state index contributed by atoms with van der Waals surface area (Å²) in [6, 6.07) is 8.34. The van der Waals surface area contributed by atoms with Crippen molar-refractivity contribution in [1.29, 1.82) is 0 Å². The lowest BCUT2D eigenvalue weighted by Gasteiger charge is -2.34. The third-order valence-electron chi connectivity index (χ3n) is 4.64. The summed E-state index contributed by atoms with van der Waals surface area (Å²) in [6.07, 6.45) is 0. The zero-order valence-electron chi connectivity index (χ0n) is 14.4. The molecule has 0 saturated carbocycles. The van der Waals surface area contributed by atoms with Crippen LogP contribution in [0.25, 0.3) is 0 Å². The number of rotatable bonds is 4. The minimum Gasteiger partial charge on any atom is -0.296 e. The summed E-state index contributed by atoms with van der Waals surface area (Å²) in [6.45, 7) is 8.96. The van der Waals surface area contributed by atoms with E-state index in [-0.39, 0.29) is 0 Å². The lowest BCUT2D eigenvalue weighted by atomic mass is 10.1. The molecule has 6 nitrogen and oxygen atoms in total. The SMILES string of the molecule is Cc1ccccc1CN1CCN(S(=O)(=O)c2c(C)n[nH]c2C)CC1. The van der Waals surface area contributed by atoms with Crippen LogP contribution in [0.4, 0.5) is 0 Å². The minimum atomic E-state index is -3.47. The fourth-order valence-corrected chi connectivity index (χ4v) is 4.96. The molecule has 24 heavy (non-hydrogen) atoms. The smallest absolute Gasteiger partial charge is 0.246 e. The van der Waals surface area contributed by atoms with E-state index in [1.54, 1.807) is 18.2 Å². The van der Waals surface area contributed by atoms with Gasteiger partial charge in [0.25, 0.3) is 0 Å². The molecule has 1 fully saturated rings. The number of H-pyrrole nitrogens is 1. The van der Waals surface area contributed by atoms with E-state index < -0.39 is 10.0 Å². The Hall–Kier alpha value is -1.70. The van der Waals surface area contributed by atoms with E-state index in [4.69, 9.17) is 0 Å². The topological polar surface area (TPSA) is 69.3 Å². The molecule has 1 saturated heterocycles. The Balaban J connectivity index is 1.68. The molecule has 0 bridgehead atoms. The molecule has 2 aromatic rings. The Labute approximate surface area is 143 Å². The zero-order valence-corrected chi connectivity index (χ0v) is 15.2. The highest BCUT2D eigenvalue weighted by Crippen LogP contribution is 2.23. The van der Waals surface area contributed by atoms with Gasteiger partial charge in [0.15, 0.2) is 0 Å². The van der Waals surface area contributed by atoms with Crippen molar-refractivity contribution in [3.05, 3.63) is 46.8 Å². The first-order valence-electron chi connectivity index (χ1n) is 8.18. The lowest BCUT2D eigenvalue weighted by molar-refractivity contribution is 0.181. The quantitative estimate of drug-likeness (QED) is 0.915. The van der Waals surface area contributed by atoms with Gasteiger partial charge in [0.2, 0.25) is 10.0 Å². The van der Waals surface area contributed by atoms with Crippen LogP contribution in [-0.4, -0.2) is 54.0 Å². The Morgan fingerprint density at radius 3 is 2.33 bits per heavy atom. The van der Waals surface area contributed by atoms with Crippen LogP contribution >= 0.6 is 0 Å². The van der Waals surface area contributed by atoms with Gasteiger partial charge in [0.1, 0.15) is 4.90 Å². The first kappa shape index (κ1) is 17.1. The summed E-state index contributed by atoms with van der Waals surface area (Å²) < 4.78 is 27.3. The number of sulfonamides is 1. The average molecular weight is 348 g/mol. The van der Waals surface area contributed by atoms with Crippen LogP contribution in [0.2, 0.25) is 0 Å². The number of aromatic nitrogens is 2. The van der Waals surface area contributed by atoms with Crippen LogP contribution < -0.4 is 0 Å². The highest BCUT2D eigenvalue weighted by molar-refractivity contribution is 7.89. The molecule has 0 atom stereocenters. The van der Waals surface area contributed by atoms with Gasteiger partial charge in [-0.1, -0.05) is 24.3 Å². The maximum Gasteiger partial charge on any atom is 0.246 e. The zero-order chi connectivity index (χ0) is 17.3. The predicted molar refractivity (Wildman–Crippen MR) is 93.3 cm³/mol. The second-order valence-electron chi connectivity index (χ2n) is 6.37. The van der Waals surface area contributed by atoms with E-state index in [0.29, 0.717) is 29.4 Å². The van der Waals surface area contributed by atoms with Gasteiger partial charge in [0, 0.05) is 32.7 Å². The van der Waals surface area contributed by atoms with E-state index in [0.717, 1.165) is 19.6 Å². The molecule has 0 amide bonds. The summed E-state index contributed by atoms with van der Waals surface area (Å²) >= 11 is 0. The standard InChI is InChI=1S/C17H24N4O2S/c1-13-6-4-5-7-16(13)12-20-8-10-21(11-9-20)24(22,23)17-14(2)18-19-15(17)3/h4-7H,8-12H2,1-3H3,(H,18,19). The van der Waals surface area contributed by atoms with E-state index in [1.807, 2.05) is 12.1 Å². The molecule has 3 rings (SSSR count). The van der Waals surface area contributed by atoms with E-state index in [9.17, 15) is 8.42 Å². The molecular formula is C17H24N4O2S. The molecule has 7 heteroatoms. The molecule has 1 aliphatic heterocycles. The van der Waals surface area contributed by atoms with Crippen molar-refractivity contribution in [2.24, 2.45) is 0 Å². The van der Waals surface area contributed by atoms with Crippen molar-refractivity contribution in [3.8, 4) is 0 Å². The third kappa shape index (κ3) is 3.24. The Morgan fingerprint density at radius 2 is 1.75 bits per heavy atom. The summed E-state index contributed by atoms with van der Waals surface area (Å²) in [4.78, 5) is 2.64. The van der Waals surface area contributed by atoms with Gasteiger partial charge in [-0.25, -0.2) is 8.42 Å². The Bertz CT molecular complexity index is 801. The molecule has 130 valence electrons. The molecule has 1 aliphatic rings. The normalized spacial score (nSPS) is 17.3. The van der Waals surface area contributed by atoms with Crippen LogP contribution in [0.15, 0.2) is 29.2 Å². The summed E-state index contributed by atoms with van der Waals surface area (Å²) in [5, 5.41) is 6.78. The number of nitrogens with one attached hydrogen (secondary N) is 1. The van der Waals surface area contributed by atoms with Crippen molar-refractivity contribution >= 4 is 10.0 Å². The van der Waals surface area contributed by atoms with Crippen molar-refractivity contribution in [2.75, 3.05) is 26.2 Å². The van der Waals surface area contributed by atoms with Crippen molar-refractivity contribution in [3.63, 3.8) is 0 Å². The molecule has 1 N–H and O–H groups in total. The van der Waals surface area contributed by atoms with E-state index in [1.165, 1.54) is 11.1 Å². The number of piperazine rings is 1. The molecule has 2 heterocycles. The molecule has 0 radical (unpaired) electrons. The second-order valence-corrected chi connectivity index (χ2v) is 8.24. The third-order valence-corrected chi connectivity index (χ3v) is 6.81. The van der Waals surface area contributed by atoms with Crippen LogP contribution in [0.1, 0.15) is 22.5 Å². The number of aryl methyl sites for hydroxylation is 3. The first-order chi connectivity index (χ1) is 11.4. The number of hydrogen-bond donors (Lipinski definition) is 1. The van der Waals surface area contributed by atoms with Crippen molar-refractivity contribution in [1.82, 2.24) is 19.4 Å². The van der Waals surface area contributed by atoms with Crippen molar-refractivity contribution in [2.45, 2.75) is 32.2 Å². The fraction of sp³-hybridized carbons (Fsp3) is 0.471. The van der Waals surface area contributed by atoms with Crippen LogP contribution in [-0.2, 0) is 16.6 Å². The van der Waals surface area contributed by atoms with Gasteiger partial charge in [-0.15, -0.1) is 0 Å². The molecule has 0 spiro atoms. The van der Waals surface area contributed by atoms with E-state index in [2.05, 4.69) is 34.2 Å². The molecule has 1 aromatic carbocycles. The number of benzene rings is 1. The highest BCUT2D eigenvalue weighted by atomic mass is 32.2. The summed E-state index contributed by atoms with van der Waals surface area (Å²) in [5.41, 5.74) is 3.72. The highest BCUT2D eigenvalue weighted by Gasteiger charge is 2.32. The number of hydrogen-bond acceptors (Lipinski definition) is 4. The molecule has 1 aromatic heterocycles. The minimum absolute atomic E-state index is 0.329. The van der Waals surface area contributed by atoms with Gasteiger partial charge < -0.3 is 0 Å². The van der Waals surface area contributed by atoms with Crippen LogP contribution in [0.5, 0.6) is 0 Å². The lowest BCUT2D eigenvalue weighted by Crippen LogP contribution is -2.48. The summed E-state index contributed by atoms with van der Waals surface area (Å²) in [7, 11) is -3.47. The largest absolute Gasteiger partial charge is 0.296 e. The van der Waals surface area contributed by atoms with Gasteiger partial charge in [-0.2, -0.15) is 9.40 Å². The maximum atomic E-state index is 12.9. The Morgan fingerprint density at radius 1 is 1.08 bits per heavy atom. The predicted octanol–water partition coefficient (Wildman–Crippen LogP) is 1.84.